The molecule has 2 fully saturated rings. The van der Waals surface area contributed by atoms with Gasteiger partial charge in [0, 0.05) is 23.1 Å². The van der Waals surface area contributed by atoms with Gasteiger partial charge in [-0.2, -0.15) is 0 Å². The zero-order valence-electron chi connectivity index (χ0n) is 11.4. The van der Waals surface area contributed by atoms with Gasteiger partial charge in [0.15, 0.2) is 0 Å². The standard InChI is InChI=1S/C17H22N2/c1-2-4-16-15(3-1)14(11-19-16)7-8-18-17-10-12-5-6-13(17)9-12/h1-4,11-13,17-19H,5-10H2/t12-,13+,17+/m0/s1. The maximum absolute atomic E-state index is 3.80. The van der Waals surface area contributed by atoms with E-state index in [-0.39, 0.29) is 0 Å². The van der Waals surface area contributed by atoms with E-state index in [4.69, 9.17) is 0 Å². The van der Waals surface area contributed by atoms with Crippen molar-refractivity contribution in [3.63, 3.8) is 0 Å². The molecule has 0 radical (unpaired) electrons. The number of hydrogen-bond donors (Lipinski definition) is 2. The van der Waals surface area contributed by atoms with Gasteiger partial charge in [-0.1, -0.05) is 24.6 Å². The summed E-state index contributed by atoms with van der Waals surface area (Å²) in [7, 11) is 0. The van der Waals surface area contributed by atoms with Crippen LogP contribution in [0.5, 0.6) is 0 Å². The minimum absolute atomic E-state index is 0.809. The number of nitrogens with one attached hydrogen (secondary N) is 2. The van der Waals surface area contributed by atoms with Crippen molar-refractivity contribution < 1.29 is 0 Å². The number of hydrogen-bond acceptors (Lipinski definition) is 1. The summed E-state index contributed by atoms with van der Waals surface area (Å²) in [5.74, 6) is 2.02. The van der Waals surface area contributed by atoms with Gasteiger partial charge in [-0.05, 0) is 55.7 Å². The van der Waals surface area contributed by atoms with Crippen LogP contribution < -0.4 is 5.32 Å². The Hall–Kier alpha value is -1.28. The highest BCUT2D eigenvalue weighted by atomic mass is 14.9. The smallest absolute Gasteiger partial charge is 0.0456 e. The molecule has 4 rings (SSSR count). The van der Waals surface area contributed by atoms with Crippen LogP contribution in [0.4, 0.5) is 0 Å². The van der Waals surface area contributed by atoms with Crippen molar-refractivity contribution in [2.75, 3.05) is 6.54 Å². The quantitative estimate of drug-likeness (QED) is 0.859. The van der Waals surface area contributed by atoms with E-state index in [9.17, 15) is 0 Å². The highest BCUT2D eigenvalue weighted by Gasteiger charge is 2.38. The second-order valence-corrected chi connectivity index (χ2v) is 6.34. The molecule has 3 atom stereocenters. The Morgan fingerprint density at radius 1 is 1.16 bits per heavy atom. The number of benzene rings is 1. The molecule has 0 saturated heterocycles. The zero-order valence-corrected chi connectivity index (χ0v) is 11.4. The summed E-state index contributed by atoms with van der Waals surface area (Å²) in [4.78, 5) is 3.37. The van der Waals surface area contributed by atoms with Crippen molar-refractivity contribution in [3.05, 3.63) is 36.0 Å². The Labute approximate surface area is 114 Å². The van der Waals surface area contributed by atoms with Crippen molar-refractivity contribution >= 4 is 10.9 Å². The molecule has 0 spiro atoms. The fourth-order valence-electron chi connectivity index (χ4n) is 4.23. The molecular weight excluding hydrogens is 232 g/mol. The minimum atomic E-state index is 0.809. The predicted molar refractivity (Wildman–Crippen MR) is 79.2 cm³/mol. The molecule has 2 saturated carbocycles. The normalized spacial score (nSPS) is 29.4. The van der Waals surface area contributed by atoms with Crippen LogP contribution in [0.3, 0.4) is 0 Å². The SMILES string of the molecule is c1ccc2c(CCN[C@@H]3C[C@H]4CC[C@@H]3C4)c[nH]c2c1. The number of aromatic nitrogens is 1. The maximum atomic E-state index is 3.80. The van der Waals surface area contributed by atoms with Crippen LogP contribution in [-0.4, -0.2) is 17.6 Å². The lowest BCUT2D eigenvalue weighted by Gasteiger charge is -2.22. The molecule has 2 heteroatoms. The Balaban J connectivity index is 1.37. The molecule has 2 N–H and O–H groups in total. The monoisotopic (exact) mass is 254 g/mol. The van der Waals surface area contributed by atoms with Gasteiger partial charge in [0.2, 0.25) is 0 Å². The Bertz CT molecular complexity index is 571. The second kappa shape index (κ2) is 4.68. The predicted octanol–water partition coefficient (Wildman–Crippen LogP) is 3.49. The van der Waals surface area contributed by atoms with Crippen molar-refractivity contribution in [1.29, 1.82) is 0 Å². The van der Waals surface area contributed by atoms with Crippen LogP contribution in [-0.2, 0) is 6.42 Å². The molecule has 0 aliphatic heterocycles. The number of fused-ring (bicyclic) bond motifs is 3. The Morgan fingerprint density at radius 2 is 2.11 bits per heavy atom. The van der Waals surface area contributed by atoms with Gasteiger partial charge < -0.3 is 10.3 Å². The molecule has 1 aromatic carbocycles. The van der Waals surface area contributed by atoms with Crippen LogP contribution in [0, 0.1) is 11.8 Å². The lowest BCUT2D eigenvalue weighted by Crippen LogP contribution is -2.35. The highest BCUT2D eigenvalue weighted by Crippen LogP contribution is 2.44. The molecule has 19 heavy (non-hydrogen) atoms. The van der Waals surface area contributed by atoms with E-state index in [1.54, 1.807) is 0 Å². The van der Waals surface area contributed by atoms with Gasteiger partial charge in [-0.3, -0.25) is 0 Å². The van der Waals surface area contributed by atoms with Gasteiger partial charge in [0.25, 0.3) is 0 Å². The third-order valence-electron chi connectivity index (χ3n) is 5.21. The van der Waals surface area contributed by atoms with Gasteiger partial charge in [-0.15, -0.1) is 0 Å². The lowest BCUT2D eigenvalue weighted by atomic mass is 9.95. The highest BCUT2D eigenvalue weighted by molar-refractivity contribution is 5.83. The molecule has 2 nitrogen and oxygen atoms in total. The van der Waals surface area contributed by atoms with Crippen molar-refractivity contribution in [1.82, 2.24) is 10.3 Å². The molecule has 0 amide bonds. The van der Waals surface area contributed by atoms with Crippen molar-refractivity contribution in [2.24, 2.45) is 11.8 Å². The van der Waals surface area contributed by atoms with Gasteiger partial charge in [-0.25, -0.2) is 0 Å². The zero-order chi connectivity index (χ0) is 12.7. The fraction of sp³-hybridized carbons (Fsp3) is 0.529. The number of H-pyrrole nitrogens is 1. The van der Waals surface area contributed by atoms with E-state index in [0.717, 1.165) is 30.8 Å². The maximum Gasteiger partial charge on any atom is 0.0456 e. The molecule has 1 aromatic heterocycles. The molecule has 2 aliphatic rings. The van der Waals surface area contributed by atoms with E-state index in [1.807, 2.05) is 0 Å². The van der Waals surface area contributed by atoms with E-state index >= 15 is 0 Å². The first-order chi connectivity index (χ1) is 9.40. The summed E-state index contributed by atoms with van der Waals surface area (Å²) >= 11 is 0. The largest absolute Gasteiger partial charge is 0.361 e. The first-order valence-corrected chi connectivity index (χ1v) is 7.68. The second-order valence-electron chi connectivity index (χ2n) is 6.34. The average molecular weight is 254 g/mol. The van der Waals surface area contributed by atoms with Crippen LogP contribution in [0.1, 0.15) is 31.2 Å². The van der Waals surface area contributed by atoms with Gasteiger partial charge >= 0.3 is 0 Å². The summed E-state index contributed by atoms with van der Waals surface area (Å²) in [6.07, 6.45) is 9.19. The van der Waals surface area contributed by atoms with E-state index in [2.05, 4.69) is 40.8 Å². The summed E-state index contributed by atoms with van der Waals surface area (Å²) < 4.78 is 0. The van der Waals surface area contributed by atoms with Crippen LogP contribution in [0.25, 0.3) is 10.9 Å². The third kappa shape index (κ3) is 2.08. The van der Waals surface area contributed by atoms with Crippen LogP contribution in [0.15, 0.2) is 30.5 Å². The number of aromatic amines is 1. The third-order valence-corrected chi connectivity index (χ3v) is 5.21. The Kier molecular flexibility index (Phi) is 2.84. The Morgan fingerprint density at radius 3 is 2.95 bits per heavy atom. The van der Waals surface area contributed by atoms with E-state index in [0.29, 0.717) is 0 Å². The van der Waals surface area contributed by atoms with Gasteiger partial charge in [0.1, 0.15) is 0 Å². The summed E-state index contributed by atoms with van der Waals surface area (Å²) in [6.45, 7) is 1.12. The molecule has 100 valence electrons. The molecule has 2 aromatic rings. The van der Waals surface area contributed by atoms with E-state index in [1.165, 1.54) is 42.1 Å². The lowest BCUT2D eigenvalue weighted by molar-refractivity contribution is 0.354. The van der Waals surface area contributed by atoms with Crippen LogP contribution in [0.2, 0.25) is 0 Å². The molecule has 1 heterocycles. The average Bonchev–Trinajstić information content (AvgIpc) is 3.14. The van der Waals surface area contributed by atoms with E-state index < -0.39 is 0 Å². The summed E-state index contributed by atoms with van der Waals surface area (Å²) in [6, 6.07) is 9.41. The van der Waals surface area contributed by atoms with Crippen LogP contribution >= 0.6 is 0 Å². The number of para-hydroxylation sites is 1. The first kappa shape index (κ1) is 11.5. The fourth-order valence-corrected chi connectivity index (χ4v) is 4.23. The molecule has 2 bridgehead atoms. The van der Waals surface area contributed by atoms with Crippen molar-refractivity contribution in [3.8, 4) is 0 Å². The van der Waals surface area contributed by atoms with Gasteiger partial charge in [0.05, 0.1) is 0 Å². The topological polar surface area (TPSA) is 27.8 Å². The molecular formula is C17H22N2. The minimum Gasteiger partial charge on any atom is -0.361 e. The van der Waals surface area contributed by atoms with Crippen molar-refractivity contribution in [2.45, 2.75) is 38.1 Å². The summed E-state index contributed by atoms with van der Waals surface area (Å²) in [5, 5.41) is 5.19. The summed E-state index contributed by atoms with van der Waals surface area (Å²) in [5.41, 5.74) is 2.71. The molecule has 2 aliphatic carbocycles. The number of rotatable bonds is 4. The molecule has 0 unspecified atom stereocenters. The first-order valence-electron chi connectivity index (χ1n) is 7.68.